The number of benzene rings is 4. The number of carbonyl (C=O) groups excluding carboxylic acids is 3. The van der Waals surface area contributed by atoms with E-state index in [9.17, 15) is 14.4 Å². The smallest absolute Gasteiger partial charge is 0.293 e. The van der Waals surface area contributed by atoms with Gasteiger partial charge in [0.25, 0.3) is 17.1 Å². The van der Waals surface area contributed by atoms with Gasteiger partial charge in [-0.1, -0.05) is 72.8 Å². The minimum Gasteiger partial charge on any atom is -0.491 e. The van der Waals surface area contributed by atoms with Gasteiger partial charge in [-0.2, -0.15) is 0 Å². The molecule has 0 unspecified atom stereocenters. The standard InChI is InChI=1S/C30H24N2O5S/c33-28(31-23-12-2-1-3-13-23)20-37-25-15-7-5-10-22(25)19-27-29(34)32(30(35)38-27)17-18-36-26-16-8-11-21-9-4-6-14-24(21)26/h1-16,19H,17-18,20H2,(H,31,33)/b27-19-. The average molecular weight is 525 g/mol. The summed E-state index contributed by atoms with van der Waals surface area (Å²) in [5.41, 5.74) is 1.27. The highest BCUT2D eigenvalue weighted by Gasteiger charge is 2.35. The Morgan fingerprint density at radius 2 is 1.53 bits per heavy atom. The molecule has 0 atom stereocenters. The monoisotopic (exact) mass is 524 g/mol. The van der Waals surface area contributed by atoms with Crippen LogP contribution >= 0.6 is 11.8 Å². The number of imide groups is 1. The number of nitrogens with one attached hydrogen (secondary N) is 1. The van der Waals surface area contributed by atoms with E-state index < -0.39 is 5.91 Å². The SMILES string of the molecule is O=C(COc1ccccc1/C=C1\SC(=O)N(CCOc2cccc3ccccc23)C1=O)Nc1ccccc1. The minimum absolute atomic E-state index is 0.128. The lowest BCUT2D eigenvalue weighted by Gasteiger charge is -2.14. The van der Waals surface area contributed by atoms with Gasteiger partial charge in [0.2, 0.25) is 0 Å². The van der Waals surface area contributed by atoms with Crippen molar-refractivity contribution in [1.82, 2.24) is 4.90 Å². The fourth-order valence-corrected chi connectivity index (χ4v) is 4.85. The van der Waals surface area contributed by atoms with Crippen LogP contribution in [-0.2, 0) is 9.59 Å². The van der Waals surface area contributed by atoms with Gasteiger partial charge in [0, 0.05) is 16.6 Å². The van der Waals surface area contributed by atoms with Crippen molar-refractivity contribution in [2.75, 3.05) is 25.1 Å². The Morgan fingerprint density at radius 1 is 0.816 bits per heavy atom. The average Bonchev–Trinajstić information content (AvgIpc) is 3.20. The molecule has 190 valence electrons. The number of thioether (sulfide) groups is 1. The van der Waals surface area contributed by atoms with Crippen molar-refractivity contribution < 1.29 is 23.9 Å². The van der Waals surface area contributed by atoms with Crippen LogP contribution in [-0.4, -0.2) is 41.7 Å². The van der Waals surface area contributed by atoms with Crippen LogP contribution < -0.4 is 14.8 Å². The van der Waals surface area contributed by atoms with Crippen molar-refractivity contribution in [3.05, 3.63) is 108 Å². The zero-order valence-corrected chi connectivity index (χ0v) is 21.1. The van der Waals surface area contributed by atoms with E-state index in [0.717, 1.165) is 22.5 Å². The van der Waals surface area contributed by atoms with E-state index >= 15 is 0 Å². The molecule has 38 heavy (non-hydrogen) atoms. The van der Waals surface area contributed by atoms with Crippen molar-refractivity contribution in [2.24, 2.45) is 0 Å². The molecule has 4 aromatic carbocycles. The summed E-state index contributed by atoms with van der Waals surface area (Å²) < 4.78 is 11.6. The second kappa shape index (κ2) is 11.7. The lowest BCUT2D eigenvalue weighted by Crippen LogP contribution is -2.32. The normalized spacial score (nSPS) is 14.2. The molecular weight excluding hydrogens is 500 g/mol. The first-order chi connectivity index (χ1) is 18.6. The second-order valence-corrected chi connectivity index (χ2v) is 9.39. The molecule has 1 fully saturated rings. The van der Waals surface area contributed by atoms with Crippen LogP contribution in [0.15, 0.2) is 102 Å². The second-order valence-electron chi connectivity index (χ2n) is 8.40. The summed E-state index contributed by atoms with van der Waals surface area (Å²) in [5, 5.41) is 4.43. The van der Waals surface area contributed by atoms with Gasteiger partial charge in [0.1, 0.15) is 18.1 Å². The molecule has 5 rings (SSSR count). The third-order valence-corrected chi connectivity index (χ3v) is 6.72. The van der Waals surface area contributed by atoms with Gasteiger partial charge in [-0.25, -0.2) is 0 Å². The molecule has 7 nitrogen and oxygen atoms in total. The maximum absolute atomic E-state index is 13.0. The molecule has 1 heterocycles. The summed E-state index contributed by atoms with van der Waals surface area (Å²) in [4.78, 5) is 39.4. The highest BCUT2D eigenvalue weighted by molar-refractivity contribution is 8.18. The first-order valence-corrected chi connectivity index (χ1v) is 12.8. The summed E-state index contributed by atoms with van der Waals surface area (Å²) in [6.45, 7) is 0.102. The third-order valence-electron chi connectivity index (χ3n) is 5.82. The van der Waals surface area contributed by atoms with Crippen LogP contribution in [0.3, 0.4) is 0 Å². The largest absolute Gasteiger partial charge is 0.491 e. The van der Waals surface area contributed by atoms with Crippen LogP contribution in [0.1, 0.15) is 5.56 Å². The topological polar surface area (TPSA) is 84.9 Å². The molecule has 1 aliphatic heterocycles. The van der Waals surface area contributed by atoms with Gasteiger partial charge in [-0.15, -0.1) is 0 Å². The van der Waals surface area contributed by atoms with Gasteiger partial charge in [-0.3, -0.25) is 19.3 Å². The van der Waals surface area contributed by atoms with E-state index in [4.69, 9.17) is 9.47 Å². The highest BCUT2D eigenvalue weighted by atomic mass is 32.2. The number of hydrogen-bond donors (Lipinski definition) is 1. The third kappa shape index (κ3) is 5.87. The summed E-state index contributed by atoms with van der Waals surface area (Å²) in [5.74, 6) is 0.436. The van der Waals surface area contributed by atoms with Crippen LogP contribution in [0.25, 0.3) is 16.8 Å². The zero-order valence-electron chi connectivity index (χ0n) is 20.3. The summed E-state index contributed by atoms with van der Waals surface area (Å²) in [6.07, 6.45) is 1.61. The molecule has 0 radical (unpaired) electrons. The molecule has 0 spiro atoms. The van der Waals surface area contributed by atoms with E-state index in [-0.39, 0.29) is 35.8 Å². The van der Waals surface area contributed by atoms with Gasteiger partial charge in [-0.05, 0) is 47.5 Å². The first-order valence-electron chi connectivity index (χ1n) is 12.0. The van der Waals surface area contributed by atoms with E-state index in [0.29, 0.717) is 22.7 Å². The summed E-state index contributed by atoms with van der Waals surface area (Å²) >= 11 is 0.868. The Kier molecular flexibility index (Phi) is 7.70. The van der Waals surface area contributed by atoms with Crippen LogP contribution in [0, 0.1) is 0 Å². The summed E-state index contributed by atoms with van der Waals surface area (Å²) in [7, 11) is 0. The van der Waals surface area contributed by atoms with E-state index in [1.54, 1.807) is 42.5 Å². The molecule has 0 aliphatic carbocycles. The van der Waals surface area contributed by atoms with Crippen LogP contribution in [0.2, 0.25) is 0 Å². The molecule has 1 aliphatic rings. The van der Waals surface area contributed by atoms with Crippen molar-refractivity contribution in [3.63, 3.8) is 0 Å². The molecule has 0 bridgehead atoms. The number of para-hydroxylation sites is 2. The molecule has 4 aromatic rings. The Bertz CT molecular complexity index is 1510. The van der Waals surface area contributed by atoms with Crippen LogP contribution in [0.5, 0.6) is 11.5 Å². The summed E-state index contributed by atoms with van der Waals surface area (Å²) in [6, 6.07) is 29.8. The number of fused-ring (bicyclic) bond motifs is 1. The van der Waals surface area contributed by atoms with Crippen molar-refractivity contribution in [1.29, 1.82) is 0 Å². The van der Waals surface area contributed by atoms with Crippen molar-refractivity contribution >= 4 is 51.4 Å². The number of ether oxygens (including phenoxy) is 2. The maximum Gasteiger partial charge on any atom is 0.293 e. The first kappa shape index (κ1) is 25.1. The van der Waals surface area contributed by atoms with Crippen molar-refractivity contribution in [3.8, 4) is 11.5 Å². The molecule has 3 amide bonds. The number of nitrogens with zero attached hydrogens (tertiary/aromatic N) is 1. The lowest BCUT2D eigenvalue weighted by atomic mass is 10.1. The highest BCUT2D eigenvalue weighted by Crippen LogP contribution is 2.34. The van der Waals surface area contributed by atoms with E-state index in [1.165, 1.54) is 4.90 Å². The van der Waals surface area contributed by atoms with E-state index in [1.807, 2.05) is 60.7 Å². The molecule has 0 aromatic heterocycles. The Labute approximate surface area is 224 Å². The number of rotatable bonds is 9. The van der Waals surface area contributed by atoms with E-state index in [2.05, 4.69) is 5.32 Å². The quantitative estimate of drug-likeness (QED) is 0.272. The van der Waals surface area contributed by atoms with Crippen LogP contribution in [0.4, 0.5) is 10.5 Å². The number of carbonyl (C=O) groups is 3. The number of hydrogen-bond acceptors (Lipinski definition) is 6. The molecule has 8 heteroatoms. The Morgan fingerprint density at radius 3 is 2.39 bits per heavy atom. The fraction of sp³-hybridized carbons (Fsp3) is 0.100. The Balaban J connectivity index is 1.21. The van der Waals surface area contributed by atoms with Gasteiger partial charge < -0.3 is 14.8 Å². The van der Waals surface area contributed by atoms with Gasteiger partial charge in [0.05, 0.1) is 11.4 Å². The lowest BCUT2D eigenvalue weighted by molar-refractivity contribution is -0.123. The van der Waals surface area contributed by atoms with Crippen molar-refractivity contribution in [2.45, 2.75) is 0 Å². The molecular formula is C30H24N2O5S. The zero-order chi connectivity index (χ0) is 26.3. The number of anilines is 1. The fourth-order valence-electron chi connectivity index (χ4n) is 4.00. The predicted molar refractivity (Wildman–Crippen MR) is 149 cm³/mol. The minimum atomic E-state index is -0.391. The Hall–Kier alpha value is -4.56. The van der Waals surface area contributed by atoms with Gasteiger partial charge >= 0.3 is 0 Å². The molecule has 1 N–H and O–H groups in total. The maximum atomic E-state index is 13.0. The predicted octanol–water partition coefficient (Wildman–Crippen LogP) is 5.97. The molecule has 0 saturated carbocycles. The number of amides is 3. The molecule has 1 saturated heterocycles. The van der Waals surface area contributed by atoms with Gasteiger partial charge in [0.15, 0.2) is 6.61 Å².